The Morgan fingerprint density at radius 1 is 0.889 bits per heavy atom. The Morgan fingerprint density at radius 2 is 1.61 bits per heavy atom. The quantitative estimate of drug-likeness (QED) is 0.325. The van der Waals surface area contributed by atoms with Gasteiger partial charge in [-0.15, -0.1) is 0 Å². The van der Waals surface area contributed by atoms with E-state index in [1.807, 2.05) is 0 Å². The first-order chi connectivity index (χ1) is 17.3. The van der Waals surface area contributed by atoms with Crippen molar-refractivity contribution in [3.05, 3.63) is 99.7 Å². The van der Waals surface area contributed by atoms with Gasteiger partial charge in [0, 0.05) is 11.3 Å². The highest BCUT2D eigenvalue weighted by Gasteiger charge is 2.39. The van der Waals surface area contributed by atoms with Crippen LogP contribution in [0, 0.1) is 0 Å². The van der Waals surface area contributed by atoms with E-state index < -0.39 is 17.8 Å². The monoisotopic (exact) mass is 523 g/mol. The molecule has 2 N–H and O–H groups in total. The van der Waals surface area contributed by atoms with Gasteiger partial charge in [0.15, 0.2) is 0 Å². The Bertz CT molecular complexity index is 1400. The van der Waals surface area contributed by atoms with E-state index in [-0.39, 0.29) is 34.5 Å². The number of esters is 1. The maximum Gasteiger partial charge on any atom is 0.338 e. The largest absolute Gasteiger partial charge is 0.462 e. The minimum atomic E-state index is -0.735. The molecule has 1 heterocycles. The standard InChI is InChI=1S/C26H19Cl2N3O5/c1-2-36-26(35)16-6-5-7-18(14-16)31-24(33)21(28)22(25(31)34)29-17-12-10-15(11-13-17)23(32)30-20-9-4-3-8-19(20)27/h3-14,29H,2H2,1H3,(H,30,32). The fourth-order valence-electron chi connectivity index (χ4n) is 3.44. The van der Waals surface area contributed by atoms with Gasteiger partial charge >= 0.3 is 5.97 Å². The molecule has 0 unspecified atom stereocenters. The first-order valence-corrected chi connectivity index (χ1v) is 11.5. The Kier molecular flexibility index (Phi) is 7.38. The number of rotatable bonds is 7. The summed E-state index contributed by atoms with van der Waals surface area (Å²) in [5.41, 5.74) is 1.50. The number of hydrogen-bond acceptors (Lipinski definition) is 6. The Balaban J connectivity index is 1.49. The lowest BCUT2D eigenvalue weighted by Gasteiger charge is -2.16. The smallest absolute Gasteiger partial charge is 0.338 e. The number of imide groups is 1. The van der Waals surface area contributed by atoms with Crippen LogP contribution < -0.4 is 15.5 Å². The number of amides is 3. The van der Waals surface area contributed by atoms with Crippen LogP contribution in [0.1, 0.15) is 27.6 Å². The number of nitrogens with one attached hydrogen (secondary N) is 2. The molecular formula is C26H19Cl2N3O5. The van der Waals surface area contributed by atoms with Crippen LogP contribution in [0.4, 0.5) is 17.1 Å². The molecule has 4 rings (SSSR count). The molecule has 0 saturated heterocycles. The molecule has 0 fully saturated rings. The van der Waals surface area contributed by atoms with Crippen molar-refractivity contribution in [2.45, 2.75) is 6.92 Å². The number of para-hydroxylation sites is 1. The van der Waals surface area contributed by atoms with Gasteiger partial charge in [-0.05, 0) is 61.5 Å². The fraction of sp³-hybridized carbons (Fsp3) is 0.0769. The van der Waals surface area contributed by atoms with Crippen LogP contribution in [-0.4, -0.2) is 30.3 Å². The molecule has 1 aliphatic rings. The molecule has 0 atom stereocenters. The number of carbonyl (C=O) groups excluding carboxylic acids is 4. The van der Waals surface area contributed by atoms with Crippen LogP contribution in [0.2, 0.25) is 5.02 Å². The van der Waals surface area contributed by atoms with Crippen molar-refractivity contribution in [3.63, 3.8) is 0 Å². The molecule has 10 heteroatoms. The Labute approximate surface area is 216 Å². The van der Waals surface area contributed by atoms with Gasteiger partial charge in [0.05, 0.1) is 28.6 Å². The zero-order valence-electron chi connectivity index (χ0n) is 18.9. The number of hydrogen-bond donors (Lipinski definition) is 2. The predicted molar refractivity (Wildman–Crippen MR) is 137 cm³/mol. The predicted octanol–water partition coefficient (Wildman–Crippen LogP) is 5.20. The number of halogens is 2. The Morgan fingerprint density at radius 3 is 2.31 bits per heavy atom. The summed E-state index contributed by atoms with van der Waals surface area (Å²) in [6.07, 6.45) is 0. The second-order valence-corrected chi connectivity index (χ2v) is 8.33. The highest BCUT2D eigenvalue weighted by atomic mass is 35.5. The molecule has 0 spiro atoms. The van der Waals surface area contributed by atoms with E-state index in [0.29, 0.717) is 22.0 Å². The van der Waals surface area contributed by atoms with E-state index >= 15 is 0 Å². The third-order valence-corrected chi connectivity index (χ3v) is 5.86. The van der Waals surface area contributed by atoms with Crippen LogP contribution in [-0.2, 0) is 14.3 Å². The number of carbonyl (C=O) groups is 4. The van der Waals surface area contributed by atoms with E-state index in [1.54, 1.807) is 55.5 Å². The van der Waals surface area contributed by atoms with E-state index in [1.165, 1.54) is 24.3 Å². The highest BCUT2D eigenvalue weighted by Crippen LogP contribution is 2.31. The summed E-state index contributed by atoms with van der Waals surface area (Å²) in [7, 11) is 0. The lowest BCUT2D eigenvalue weighted by molar-refractivity contribution is -0.120. The normalized spacial score (nSPS) is 13.1. The van der Waals surface area contributed by atoms with Crippen molar-refractivity contribution in [3.8, 4) is 0 Å². The zero-order chi connectivity index (χ0) is 25.8. The van der Waals surface area contributed by atoms with Gasteiger partial charge < -0.3 is 15.4 Å². The molecule has 0 bridgehead atoms. The molecule has 0 saturated carbocycles. The molecule has 0 radical (unpaired) electrons. The zero-order valence-corrected chi connectivity index (χ0v) is 20.4. The topological polar surface area (TPSA) is 105 Å². The lowest BCUT2D eigenvalue weighted by Crippen LogP contribution is -2.32. The summed E-state index contributed by atoms with van der Waals surface area (Å²) in [4.78, 5) is 51.3. The first kappa shape index (κ1) is 25.0. The van der Waals surface area contributed by atoms with Gasteiger partial charge in [0.25, 0.3) is 17.7 Å². The summed E-state index contributed by atoms with van der Waals surface area (Å²) in [6.45, 7) is 1.86. The minimum absolute atomic E-state index is 0.128. The summed E-state index contributed by atoms with van der Waals surface area (Å²) in [5, 5.41) is 5.67. The average Bonchev–Trinajstić information content (AvgIpc) is 3.09. The molecule has 3 aromatic carbocycles. The summed E-state index contributed by atoms with van der Waals surface area (Å²) < 4.78 is 4.97. The Hall–Kier alpha value is -4.14. The van der Waals surface area contributed by atoms with Gasteiger partial charge in [-0.2, -0.15) is 0 Å². The minimum Gasteiger partial charge on any atom is -0.462 e. The molecule has 8 nitrogen and oxygen atoms in total. The van der Waals surface area contributed by atoms with E-state index in [0.717, 1.165) is 4.90 Å². The molecule has 0 aliphatic carbocycles. The van der Waals surface area contributed by atoms with Crippen molar-refractivity contribution in [2.75, 3.05) is 22.1 Å². The highest BCUT2D eigenvalue weighted by molar-refractivity contribution is 6.53. The van der Waals surface area contributed by atoms with Crippen molar-refractivity contribution in [1.29, 1.82) is 0 Å². The third-order valence-electron chi connectivity index (χ3n) is 5.18. The van der Waals surface area contributed by atoms with Gasteiger partial charge in [-0.25, -0.2) is 9.69 Å². The SMILES string of the molecule is CCOC(=O)c1cccc(N2C(=O)C(Cl)=C(Nc3ccc(C(=O)Nc4ccccc4Cl)cc3)C2=O)c1. The van der Waals surface area contributed by atoms with Gasteiger partial charge in [0.2, 0.25) is 0 Å². The van der Waals surface area contributed by atoms with Crippen LogP contribution in [0.5, 0.6) is 0 Å². The maximum absolute atomic E-state index is 13.1. The second kappa shape index (κ2) is 10.6. The number of anilines is 3. The van der Waals surface area contributed by atoms with E-state index in [2.05, 4.69) is 10.6 Å². The van der Waals surface area contributed by atoms with Crippen molar-refractivity contribution in [1.82, 2.24) is 0 Å². The number of ether oxygens (including phenoxy) is 1. The van der Waals surface area contributed by atoms with Crippen LogP contribution in [0.3, 0.4) is 0 Å². The number of benzene rings is 3. The van der Waals surface area contributed by atoms with Crippen molar-refractivity contribution >= 4 is 64.0 Å². The van der Waals surface area contributed by atoms with Crippen molar-refractivity contribution in [2.24, 2.45) is 0 Å². The summed E-state index contributed by atoms with van der Waals surface area (Å²) >= 11 is 12.3. The summed E-state index contributed by atoms with van der Waals surface area (Å²) in [6, 6.07) is 19.0. The van der Waals surface area contributed by atoms with Gasteiger partial charge in [-0.1, -0.05) is 41.4 Å². The van der Waals surface area contributed by atoms with Gasteiger partial charge in [0.1, 0.15) is 10.7 Å². The molecule has 182 valence electrons. The number of nitrogens with zero attached hydrogens (tertiary/aromatic N) is 1. The molecule has 36 heavy (non-hydrogen) atoms. The molecule has 3 aromatic rings. The maximum atomic E-state index is 13.1. The van der Waals surface area contributed by atoms with Crippen LogP contribution in [0.15, 0.2) is 83.5 Å². The average molecular weight is 524 g/mol. The molecule has 3 amide bonds. The second-order valence-electron chi connectivity index (χ2n) is 7.54. The molecule has 1 aliphatic heterocycles. The first-order valence-electron chi connectivity index (χ1n) is 10.8. The van der Waals surface area contributed by atoms with E-state index in [9.17, 15) is 19.2 Å². The third kappa shape index (κ3) is 5.10. The van der Waals surface area contributed by atoms with E-state index in [4.69, 9.17) is 27.9 Å². The lowest BCUT2D eigenvalue weighted by atomic mass is 10.1. The van der Waals surface area contributed by atoms with Gasteiger partial charge in [-0.3, -0.25) is 14.4 Å². The summed E-state index contributed by atoms with van der Waals surface area (Å²) in [5.74, 6) is -2.37. The molecule has 0 aromatic heterocycles. The van der Waals surface area contributed by atoms with Crippen LogP contribution in [0.25, 0.3) is 0 Å². The molecular weight excluding hydrogens is 505 g/mol. The van der Waals surface area contributed by atoms with Crippen molar-refractivity contribution < 1.29 is 23.9 Å². The van der Waals surface area contributed by atoms with Crippen LogP contribution >= 0.6 is 23.2 Å². The fourth-order valence-corrected chi connectivity index (χ4v) is 3.83.